The number of aliphatic hydroxyl groups is 5. The molecule has 5 N–H and O–H groups in total. The van der Waals surface area contributed by atoms with Crippen molar-refractivity contribution < 1.29 is 53.6 Å². The Kier molecular flexibility index (Phi) is 7.04. The van der Waals surface area contributed by atoms with E-state index in [4.69, 9.17) is 28.1 Å². The van der Waals surface area contributed by atoms with Gasteiger partial charge in [-0.1, -0.05) is 0 Å². The Labute approximate surface area is 206 Å². The van der Waals surface area contributed by atoms with E-state index in [2.05, 4.69) is 0 Å². The molecule has 1 fully saturated rings. The van der Waals surface area contributed by atoms with Crippen molar-refractivity contribution in [2.75, 3.05) is 27.1 Å². The lowest BCUT2D eigenvalue weighted by molar-refractivity contribution is -0.301. The van der Waals surface area contributed by atoms with Gasteiger partial charge in [0, 0.05) is 17.4 Å². The van der Waals surface area contributed by atoms with Gasteiger partial charge in [-0.25, -0.2) is 0 Å². The third-order valence-corrected chi connectivity index (χ3v) is 6.39. The molecule has 2 aromatic carbocycles. The number of hydrogen-bond acceptors (Lipinski definition) is 11. The number of fused-ring (bicyclic) bond motifs is 2. The summed E-state index contributed by atoms with van der Waals surface area (Å²) >= 11 is 0. The van der Waals surface area contributed by atoms with Gasteiger partial charge in [-0.15, -0.1) is 0 Å². The molecule has 1 saturated heterocycles. The minimum atomic E-state index is -1.53. The van der Waals surface area contributed by atoms with Gasteiger partial charge in [0.25, 0.3) is 0 Å². The SMILES string of the molecule is COc1cc([C@@H](O)CCO[C@H]2O[C@@H](CO)[C@@H](O)[C@@H](O)[C@@H]2O)cc2cc(-c3ccc4c(c3)OCO4)oc12. The van der Waals surface area contributed by atoms with E-state index in [1.165, 1.54) is 7.11 Å². The van der Waals surface area contributed by atoms with Crippen LogP contribution in [0.4, 0.5) is 0 Å². The molecule has 11 nitrogen and oxygen atoms in total. The summed E-state index contributed by atoms with van der Waals surface area (Å²) in [6.07, 6.45) is -7.64. The number of aliphatic hydroxyl groups excluding tert-OH is 5. The second kappa shape index (κ2) is 10.2. The maximum absolute atomic E-state index is 10.8. The molecular weight excluding hydrogens is 476 g/mol. The molecule has 0 spiro atoms. The fourth-order valence-electron chi connectivity index (χ4n) is 4.35. The van der Waals surface area contributed by atoms with E-state index in [1.54, 1.807) is 12.1 Å². The van der Waals surface area contributed by atoms with Gasteiger partial charge in [0.2, 0.25) is 6.79 Å². The maximum Gasteiger partial charge on any atom is 0.231 e. The van der Waals surface area contributed by atoms with Crippen LogP contribution >= 0.6 is 0 Å². The first-order valence-corrected chi connectivity index (χ1v) is 11.5. The molecule has 6 atom stereocenters. The Hall–Kier alpha value is -2.90. The average Bonchev–Trinajstić information content (AvgIpc) is 3.54. The first kappa shape index (κ1) is 24.8. The number of furan rings is 1. The lowest BCUT2D eigenvalue weighted by atomic mass is 9.99. The summed E-state index contributed by atoms with van der Waals surface area (Å²) in [4.78, 5) is 0. The molecule has 0 amide bonds. The molecule has 11 heteroatoms. The molecule has 2 aliphatic rings. The quantitative estimate of drug-likeness (QED) is 0.299. The Morgan fingerprint density at radius 1 is 1.00 bits per heavy atom. The van der Waals surface area contributed by atoms with E-state index < -0.39 is 43.4 Å². The Bertz CT molecular complexity index is 1210. The number of hydrogen-bond donors (Lipinski definition) is 5. The molecule has 5 rings (SSSR count). The monoisotopic (exact) mass is 504 g/mol. The van der Waals surface area contributed by atoms with Gasteiger partial charge in [0.05, 0.1) is 26.4 Å². The second-order valence-electron chi connectivity index (χ2n) is 8.69. The zero-order chi connectivity index (χ0) is 25.4. The summed E-state index contributed by atoms with van der Waals surface area (Å²) in [6, 6.07) is 10.8. The third kappa shape index (κ3) is 4.62. The number of methoxy groups -OCH3 is 1. The van der Waals surface area contributed by atoms with Gasteiger partial charge in [-0.2, -0.15) is 0 Å². The van der Waals surface area contributed by atoms with Crippen molar-refractivity contribution >= 4 is 11.0 Å². The Balaban J connectivity index is 1.29. The van der Waals surface area contributed by atoms with Crippen LogP contribution in [-0.4, -0.2) is 83.4 Å². The van der Waals surface area contributed by atoms with Gasteiger partial charge in [-0.3, -0.25) is 0 Å². The summed E-state index contributed by atoms with van der Waals surface area (Å²) in [5.41, 5.74) is 1.89. The average molecular weight is 504 g/mol. The molecule has 0 aliphatic carbocycles. The number of ether oxygens (including phenoxy) is 5. The van der Waals surface area contributed by atoms with Crippen LogP contribution in [0.2, 0.25) is 0 Å². The highest BCUT2D eigenvalue weighted by molar-refractivity contribution is 5.88. The molecule has 194 valence electrons. The van der Waals surface area contributed by atoms with Crippen molar-refractivity contribution in [1.82, 2.24) is 0 Å². The summed E-state index contributed by atoms with van der Waals surface area (Å²) < 4.78 is 33.2. The zero-order valence-electron chi connectivity index (χ0n) is 19.4. The van der Waals surface area contributed by atoms with Gasteiger partial charge in [0.1, 0.15) is 30.2 Å². The molecule has 0 saturated carbocycles. The predicted molar refractivity (Wildman–Crippen MR) is 124 cm³/mol. The van der Waals surface area contributed by atoms with Gasteiger partial charge < -0.3 is 53.6 Å². The molecule has 0 bridgehead atoms. The standard InChI is InChI=1S/C25H28O11/c1-31-19-8-13(15(27)4-5-32-25-23(30)22(29)21(28)20(10-26)36-25)6-14-9-17(35-24(14)19)12-2-3-16-18(7-12)34-11-33-16/h2-3,6-9,15,20-23,25-30H,4-5,10-11H2,1H3/t15-,20-,21+,22+,23-,25-/m0/s1. The largest absolute Gasteiger partial charge is 0.493 e. The normalized spacial score (nSPS) is 26.3. The molecule has 3 aromatic rings. The van der Waals surface area contributed by atoms with Crippen LogP contribution in [0.1, 0.15) is 18.1 Å². The minimum Gasteiger partial charge on any atom is -0.493 e. The molecule has 0 unspecified atom stereocenters. The zero-order valence-corrected chi connectivity index (χ0v) is 19.4. The molecular formula is C25H28O11. The first-order valence-electron chi connectivity index (χ1n) is 11.5. The van der Waals surface area contributed by atoms with E-state index in [0.29, 0.717) is 34.2 Å². The number of benzene rings is 2. The fourth-order valence-corrected chi connectivity index (χ4v) is 4.35. The summed E-state index contributed by atoms with van der Waals surface area (Å²) in [5, 5.41) is 50.7. The van der Waals surface area contributed by atoms with Gasteiger partial charge in [-0.05, 0) is 42.0 Å². The van der Waals surface area contributed by atoms with Gasteiger partial charge in [0.15, 0.2) is 29.1 Å². The van der Waals surface area contributed by atoms with E-state index in [-0.39, 0.29) is 19.8 Å². The van der Waals surface area contributed by atoms with Crippen molar-refractivity contribution in [3.05, 3.63) is 42.0 Å². The van der Waals surface area contributed by atoms with E-state index in [1.807, 2.05) is 24.3 Å². The second-order valence-corrected chi connectivity index (χ2v) is 8.69. The van der Waals surface area contributed by atoms with Crippen LogP contribution in [0.3, 0.4) is 0 Å². The minimum absolute atomic E-state index is 0.0297. The smallest absolute Gasteiger partial charge is 0.231 e. The van der Waals surface area contributed by atoms with Crippen LogP contribution in [-0.2, 0) is 9.47 Å². The Morgan fingerprint density at radius 2 is 1.81 bits per heavy atom. The Morgan fingerprint density at radius 3 is 2.58 bits per heavy atom. The summed E-state index contributed by atoms with van der Waals surface area (Å²) in [5.74, 6) is 2.35. The fraction of sp³-hybridized carbons (Fsp3) is 0.440. The van der Waals surface area contributed by atoms with E-state index in [0.717, 1.165) is 10.9 Å². The highest BCUT2D eigenvalue weighted by Crippen LogP contribution is 2.40. The molecule has 0 radical (unpaired) electrons. The van der Waals surface area contributed by atoms with Crippen LogP contribution in [0, 0.1) is 0 Å². The lowest BCUT2D eigenvalue weighted by Crippen LogP contribution is -2.59. The predicted octanol–water partition coefficient (Wildman–Crippen LogP) is 1.08. The topological polar surface area (TPSA) is 160 Å². The van der Waals surface area contributed by atoms with Crippen molar-refractivity contribution in [2.45, 2.75) is 43.2 Å². The van der Waals surface area contributed by atoms with E-state index in [9.17, 15) is 25.5 Å². The highest BCUT2D eigenvalue weighted by Gasteiger charge is 2.44. The highest BCUT2D eigenvalue weighted by atomic mass is 16.7. The van der Waals surface area contributed by atoms with Crippen molar-refractivity contribution in [3.8, 4) is 28.6 Å². The third-order valence-electron chi connectivity index (χ3n) is 6.39. The molecule has 36 heavy (non-hydrogen) atoms. The van der Waals surface area contributed by atoms with Crippen LogP contribution in [0.5, 0.6) is 17.2 Å². The summed E-state index contributed by atoms with van der Waals surface area (Å²) in [6.45, 7) is -0.404. The van der Waals surface area contributed by atoms with E-state index >= 15 is 0 Å². The van der Waals surface area contributed by atoms with Crippen molar-refractivity contribution in [3.63, 3.8) is 0 Å². The molecule has 3 heterocycles. The molecule has 1 aromatic heterocycles. The lowest BCUT2D eigenvalue weighted by Gasteiger charge is -2.39. The van der Waals surface area contributed by atoms with Crippen molar-refractivity contribution in [1.29, 1.82) is 0 Å². The maximum atomic E-state index is 10.8. The summed E-state index contributed by atoms with van der Waals surface area (Å²) in [7, 11) is 1.51. The van der Waals surface area contributed by atoms with Crippen LogP contribution in [0.25, 0.3) is 22.3 Å². The van der Waals surface area contributed by atoms with Crippen molar-refractivity contribution in [2.24, 2.45) is 0 Å². The van der Waals surface area contributed by atoms with Crippen LogP contribution < -0.4 is 14.2 Å². The first-order chi connectivity index (χ1) is 17.4. The van der Waals surface area contributed by atoms with Gasteiger partial charge >= 0.3 is 0 Å². The molecule has 2 aliphatic heterocycles. The number of rotatable bonds is 8. The van der Waals surface area contributed by atoms with Crippen LogP contribution in [0.15, 0.2) is 40.8 Å².